The molecule has 0 aliphatic heterocycles. The monoisotopic (exact) mass is 239 g/mol. The van der Waals surface area contributed by atoms with Crippen LogP contribution < -0.4 is 16.4 Å². The Hall–Kier alpha value is -1.62. The van der Waals surface area contributed by atoms with E-state index < -0.39 is 5.54 Å². The molecule has 0 spiro atoms. The zero-order valence-electron chi connectivity index (χ0n) is 10.1. The Labute approximate surface area is 100 Å². The summed E-state index contributed by atoms with van der Waals surface area (Å²) in [6.07, 6.45) is 0.736. The van der Waals surface area contributed by atoms with Gasteiger partial charge in [0.2, 0.25) is 0 Å². The number of halogens is 1. The number of nitrogens with one attached hydrogen (secondary N) is 2. The number of carbonyl (C=O) groups is 1. The van der Waals surface area contributed by atoms with Crippen LogP contribution in [0.1, 0.15) is 20.3 Å². The van der Waals surface area contributed by atoms with Gasteiger partial charge in [0.05, 0.1) is 5.54 Å². The first-order chi connectivity index (χ1) is 7.99. The molecule has 17 heavy (non-hydrogen) atoms. The lowest BCUT2D eigenvalue weighted by atomic mass is 10.00. The van der Waals surface area contributed by atoms with E-state index in [1.807, 2.05) is 13.8 Å². The van der Waals surface area contributed by atoms with Crippen molar-refractivity contribution in [2.75, 3.05) is 11.9 Å². The van der Waals surface area contributed by atoms with Gasteiger partial charge in [-0.1, -0.05) is 6.92 Å². The third-order valence-corrected chi connectivity index (χ3v) is 2.75. The van der Waals surface area contributed by atoms with E-state index in [-0.39, 0.29) is 11.8 Å². The summed E-state index contributed by atoms with van der Waals surface area (Å²) in [7, 11) is 0. The summed E-state index contributed by atoms with van der Waals surface area (Å²) >= 11 is 0. The van der Waals surface area contributed by atoms with Crippen LogP contribution in [0.25, 0.3) is 0 Å². The second-order valence-electron chi connectivity index (χ2n) is 4.20. The summed E-state index contributed by atoms with van der Waals surface area (Å²) in [5.41, 5.74) is 5.70. The number of amides is 2. The van der Waals surface area contributed by atoms with Gasteiger partial charge in [0.25, 0.3) is 0 Å². The van der Waals surface area contributed by atoms with Crippen LogP contribution >= 0.6 is 0 Å². The van der Waals surface area contributed by atoms with Gasteiger partial charge in [-0.15, -0.1) is 0 Å². The molecule has 0 aromatic heterocycles. The fourth-order valence-electron chi connectivity index (χ4n) is 1.25. The lowest BCUT2D eigenvalue weighted by Gasteiger charge is -2.27. The van der Waals surface area contributed by atoms with Crippen LogP contribution in [0.4, 0.5) is 14.9 Å². The number of hydrogen-bond donors (Lipinski definition) is 3. The lowest BCUT2D eigenvalue weighted by molar-refractivity contribution is 0.238. The molecule has 1 rings (SSSR count). The van der Waals surface area contributed by atoms with Gasteiger partial charge in [0.15, 0.2) is 0 Å². The number of carbonyl (C=O) groups excluding carboxylic acids is 1. The Morgan fingerprint density at radius 1 is 1.41 bits per heavy atom. The molecule has 0 bridgehead atoms. The number of nitrogens with two attached hydrogens (primary N) is 1. The van der Waals surface area contributed by atoms with Crippen molar-refractivity contribution in [3.63, 3.8) is 0 Å². The maximum absolute atomic E-state index is 12.7. The molecular formula is C12H18FN3O. The highest BCUT2D eigenvalue weighted by Gasteiger charge is 2.22. The van der Waals surface area contributed by atoms with Gasteiger partial charge >= 0.3 is 6.03 Å². The van der Waals surface area contributed by atoms with Crippen molar-refractivity contribution in [1.29, 1.82) is 0 Å². The Kier molecular flexibility index (Phi) is 4.45. The highest BCUT2D eigenvalue weighted by atomic mass is 19.1. The van der Waals surface area contributed by atoms with Crippen molar-refractivity contribution in [2.45, 2.75) is 25.8 Å². The minimum atomic E-state index is -0.426. The van der Waals surface area contributed by atoms with Crippen LogP contribution in [-0.4, -0.2) is 18.1 Å². The zero-order valence-corrected chi connectivity index (χ0v) is 10.1. The zero-order chi connectivity index (χ0) is 12.9. The molecule has 1 aromatic rings. The molecule has 0 heterocycles. The number of anilines is 1. The van der Waals surface area contributed by atoms with E-state index >= 15 is 0 Å². The van der Waals surface area contributed by atoms with E-state index in [4.69, 9.17) is 5.73 Å². The molecule has 0 saturated carbocycles. The molecule has 4 nitrogen and oxygen atoms in total. The van der Waals surface area contributed by atoms with E-state index in [2.05, 4.69) is 10.6 Å². The third kappa shape index (κ3) is 4.03. The molecule has 0 aliphatic carbocycles. The van der Waals surface area contributed by atoms with Gasteiger partial charge in [-0.2, -0.15) is 0 Å². The van der Waals surface area contributed by atoms with Crippen LogP contribution in [0.5, 0.6) is 0 Å². The van der Waals surface area contributed by atoms with E-state index in [0.29, 0.717) is 12.2 Å². The predicted octanol–water partition coefficient (Wildman–Crippen LogP) is 2.07. The van der Waals surface area contributed by atoms with Crippen LogP contribution in [0.2, 0.25) is 0 Å². The maximum Gasteiger partial charge on any atom is 0.319 e. The highest BCUT2D eigenvalue weighted by molar-refractivity contribution is 5.89. The molecule has 0 aliphatic rings. The SMILES string of the molecule is CCC(C)(CN)NC(=O)Nc1ccc(F)cc1. The summed E-state index contributed by atoms with van der Waals surface area (Å²) in [6, 6.07) is 5.24. The Morgan fingerprint density at radius 3 is 2.47 bits per heavy atom. The first-order valence-corrected chi connectivity index (χ1v) is 5.54. The van der Waals surface area contributed by atoms with E-state index in [9.17, 15) is 9.18 Å². The van der Waals surface area contributed by atoms with Crippen molar-refractivity contribution in [2.24, 2.45) is 5.73 Å². The average Bonchev–Trinajstić information content (AvgIpc) is 2.32. The highest BCUT2D eigenvalue weighted by Crippen LogP contribution is 2.10. The number of benzene rings is 1. The molecule has 1 unspecified atom stereocenters. The normalized spacial score (nSPS) is 13.9. The molecule has 0 radical (unpaired) electrons. The Balaban J connectivity index is 2.58. The second kappa shape index (κ2) is 5.63. The van der Waals surface area contributed by atoms with Gasteiger partial charge in [-0.05, 0) is 37.6 Å². The summed E-state index contributed by atoms with van der Waals surface area (Å²) in [5.74, 6) is -0.337. The predicted molar refractivity (Wildman–Crippen MR) is 66.3 cm³/mol. The topological polar surface area (TPSA) is 67.1 Å². The van der Waals surface area contributed by atoms with E-state index in [1.54, 1.807) is 0 Å². The molecule has 1 aromatic carbocycles. The van der Waals surface area contributed by atoms with Gasteiger partial charge in [-0.25, -0.2) is 9.18 Å². The fraction of sp³-hybridized carbons (Fsp3) is 0.417. The first-order valence-electron chi connectivity index (χ1n) is 5.54. The minimum Gasteiger partial charge on any atom is -0.331 e. The molecule has 2 amide bonds. The molecular weight excluding hydrogens is 221 g/mol. The van der Waals surface area contributed by atoms with E-state index in [1.165, 1.54) is 24.3 Å². The molecule has 0 saturated heterocycles. The van der Waals surface area contributed by atoms with Crippen molar-refractivity contribution < 1.29 is 9.18 Å². The van der Waals surface area contributed by atoms with Crippen molar-refractivity contribution >= 4 is 11.7 Å². The van der Waals surface area contributed by atoms with Crippen molar-refractivity contribution in [1.82, 2.24) is 5.32 Å². The quantitative estimate of drug-likeness (QED) is 0.753. The summed E-state index contributed by atoms with van der Waals surface area (Å²) < 4.78 is 12.7. The van der Waals surface area contributed by atoms with Crippen molar-refractivity contribution in [3.05, 3.63) is 30.1 Å². The average molecular weight is 239 g/mol. The molecule has 1 atom stereocenters. The second-order valence-corrected chi connectivity index (χ2v) is 4.20. The summed E-state index contributed by atoms with van der Waals surface area (Å²) in [6.45, 7) is 4.18. The Bertz CT molecular complexity index is 374. The van der Waals surface area contributed by atoms with Crippen LogP contribution in [0, 0.1) is 5.82 Å². The number of rotatable bonds is 4. The number of hydrogen-bond acceptors (Lipinski definition) is 2. The molecule has 0 fully saturated rings. The smallest absolute Gasteiger partial charge is 0.319 e. The van der Waals surface area contributed by atoms with Gasteiger partial charge in [0.1, 0.15) is 5.82 Å². The van der Waals surface area contributed by atoms with Crippen LogP contribution in [-0.2, 0) is 0 Å². The summed E-state index contributed by atoms with van der Waals surface area (Å²) in [4.78, 5) is 11.7. The molecule has 4 N–H and O–H groups in total. The van der Waals surface area contributed by atoms with Crippen LogP contribution in [0.15, 0.2) is 24.3 Å². The standard InChI is InChI=1S/C12H18FN3O/c1-3-12(2,8-14)16-11(17)15-10-6-4-9(13)5-7-10/h4-7H,3,8,14H2,1-2H3,(H2,15,16,17). The first kappa shape index (κ1) is 13.4. The molecule has 94 valence electrons. The van der Waals surface area contributed by atoms with Gasteiger partial charge in [0, 0.05) is 12.2 Å². The van der Waals surface area contributed by atoms with Crippen molar-refractivity contribution in [3.8, 4) is 0 Å². The van der Waals surface area contributed by atoms with E-state index in [0.717, 1.165) is 6.42 Å². The largest absolute Gasteiger partial charge is 0.331 e. The third-order valence-electron chi connectivity index (χ3n) is 2.75. The Morgan fingerprint density at radius 2 is 2.00 bits per heavy atom. The van der Waals surface area contributed by atoms with Gasteiger partial charge < -0.3 is 16.4 Å². The lowest BCUT2D eigenvalue weighted by Crippen LogP contribution is -2.52. The van der Waals surface area contributed by atoms with Gasteiger partial charge in [-0.3, -0.25) is 0 Å². The molecule has 5 heteroatoms. The number of urea groups is 1. The summed E-state index contributed by atoms with van der Waals surface area (Å²) in [5, 5.41) is 5.41. The minimum absolute atomic E-state index is 0.337. The van der Waals surface area contributed by atoms with Crippen LogP contribution in [0.3, 0.4) is 0 Å². The fourth-order valence-corrected chi connectivity index (χ4v) is 1.25. The maximum atomic E-state index is 12.7.